The van der Waals surface area contributed by atoms with Crippen molar-refractivity contribution in [3.05, 3.63) is 59.4 Å². The Kier molecular flexibility index (Phi) is 3.57. The predicted octanol–water partition coefficient (Wildman–Crippen LogP) is 2.25. The van der Waals surface area contributed by atoms with Gasteiger partial charge in [-0.3, -0.25) is 10.4 Å². The first-order valence-corrected chi connectivity index (χ1v) is 5.63. The van der Waals surface area contributed by atoms with E-state index in [0.717, 1.165) is 11.1 Å². The minimum Gasteiger partial charge on any atom is -0.489 e. The van der Waals surface area contributed by atoms with Crippen LogP contribution in [0.4, 0.5) is 0 Å². The quantitative estimate of drug-likeness (QED) is 0.637. The molecule has 92 valence electrons. The van der Waals surface area contributed by atoms with E-state index in [0.29, 0.717) is 17.9 Å². The van der Waals surface area contributed by atoms with E-state index in [-0.39, 0.29) is 5.84 Å². The van der Waals surface area contributed by atoms with Gasteiger partial charge in [-0.1, -0.05) is 12.1 Å². The standard InChI is InChI=1S/C14H15N3O/c1-10-5-11(8-17-7-10)9-18-13-4-2-3-12(6-13)14(15)16/h2-8H,9H2,1H3,(H3,15,16). The average Bonchev–Trinajstić information content (AvgIpc) is 2.37. The van der Waals surface area contributed by atoms with Crippen molar-refractivity contribution in [2.45, 2.75) is 13.5 Å². The van der Waals surface area contributed by atoms with Crippen LogP contribution in [0.25, 0.3) is 0 Å². The van der Waals surface area contributed by atoms with Gasteiger partial charge < -0.3 is 10.5 Å². The Morgan fingerprint density at radius 1 is 1.33 bits per heavy atom. The molecule has 0 aliphatic rings. The molecule has 1 aromatic carbocycles. The summed E-state index contributed by atoms with van der Waals surface area (Å²) in [6, 6.07) is 9.23. The minimum absolute atomic E-state index is 0.0395. The SMILES string of the molecule is Cc1cncc(COc2cccc(C(=N)N)c2)c1. The number of pyridine rings is 1. The molecule has 1 heterocycles. The molecule has 0 saturated heterocycles. The highest BCUT2D eigenvalue weighted by atomic mass is 16.5. The first-order chi connectivity index (χ1) is 8.65. The molecule has 0 saturated carbocycles. The molecular formula is C14H15N3O. The van der Waals surface area contributed by atoms with Crippen LogP contribution in [0.2, 0.25) is 0 Å². The van der Waals surface area contributed by atoms with Gasteiger partial charge >= 0.3 is 0 Å². The largest absolute Gasteiger partial charge is 0.489 e. The average molecular weight is 241 g/mol. The van der Waals surface area contributed by atoms with Crippen molar-refractivity contribution in [2.24, 2.45) is 5.73 Å². The van der Waals surface area contributed by atoms with Crippen LogP contribution in [-0.4, -0.2) is 10.8 Å². The molecular weight excluding hydrogens is 226 g/mol. The third-order valence-electron chi connectivity index (χ3n) is 2.48. The number of hydrogen-bond acceptors (Lipinski definition) is 3. The summed E-state index contributed by atoms with van der Waals surface area (Å²) in [6.45, 7) is 2.45. The van der Waals surface area contributed by atoms with Gasteiger partial charge in [-0.25, -0.2) is 0 Å². The fourth-order valence-corrected chi connectivity index (χ4v) is 1.62. The first kappa shape index (κ1) is 12.1. The summed E-state index contributed by atoms with van der Waals surface area (Å²) in [5.74, 6) is 0.738. The molecule has 0 aliphatic carbocycles. The van der Waals surface area contributed by atoms with Crippen molar-refractivity contribution in [3.8, 4) is 5.75 Å². The van der Waals surface area contributed by atoms with Crippen LogP contribution in [0.15, 0.2) is 42.7 Å². The number of rotatable bonds is 4. The zero-order valence-electron chi connectivity index (χ0n) is 10.2. The van der Waals surface area contributed by atoms with Crippen molar-refractivity contribution >= 4 is 5.84 Å². The van der Waals surface area contributed by atoms with Gasteiger partial charge in [-0.2, -0.15) is 0 Å². The van der Waals surface area contributed by atoms with Gasteiger partial charge in [0.25, 0.3) is 0 Å². The summed E-state index contributed by atoms with van der Waals surface area (Å²) in [5, 5.41) is 7.37. The number of nitrogen functional groups attached to an aromatic ring is 1. The molecule has 18 heavy (non-hydrogen) atoms. The van der Waals surface area contributed by atoms with Gasteiger partial charge in [0.15, 0.2) is 0 Å². The lowest BCUT2D eigenvalue weighted by Gasteiger charge is -2.07. The van der Waals surface area contributed by atoms with Crippen LogP contribution < -0.4 is 10.5 Å². The van der Waals surface area contributed by atoms with E-state index in [2.05, 4.69) is 4.98 Å². The zero-order valence-corrected chi connectivity index (χ0v) is 10.2. The number of amidine groups is 1. The Bertz CT molecular complexity index is 566. The van der Waals surface area contributed by atoms with Gasteiger partial charge in [-0.05, 0) is 30.7 Å². The van der Waals surface area contributed by atoms with Crippen molar-refractivity contribution in [3.63, 3.8) is 0 Å². The Morgan fingerprint density at radius 2 is 2.17 bits per heavy atom. The number of nitrogens with two attached hydrogens (primary N) is 1. The zero-order chi connectivity index (χ0) is 13.0. The lowest BCUT2D eigenvalue weighted by molar-refractivity contribution is 0.305. The normalized spacial score (nSPS) is 10.1. The fourth-order valence-electron chi connectivity index (χ4n) is 1.62. The summed E-state index contributed by atoms with van der Waals surface area (Å²) in [7, 11) is 0. The van der Waals surface area contributed by atoms with Crippen molar-refractivity contribution in [1.82, 2.24) is 4.98 Å². The summed E-state index contributed by atoms with van der Waals surface area (Å²) in [5.41, 5.74) is 8.21. The molecule has 2 aromatic rings. The van der Waals surface area contributed by atoms with Gasteiger partial charge in [0.1, 0.15) is 18.2 Å². The number of ether oxygens (including phenoxy) is 1. The van der Waals surface area contributed by atoms with Gasteiger partial charge in [-0.15, -0.1) is 0 Å². The van der Waals surface area contributed by atoms with E-state index in [9.17, 15) is 0 Å². The van der Waals surface area contributed by atoms with Crippen LogP contribution in [-0.2, 0) is 6.61 Å². The summed E-state index contributed by atoms with van der Waals surface area (Å²) in [4.78, 5) is 4.11. The highest BCUT2D eigenvalue weighted by Gasteiger charge is 2.00. The molecule has 0 fully saturated rings. The highest BCUT2D eigenvalue weighted by molar-refractivity contribution is 5.95. The van der Waals surface area contributed by atoms with E-state index in [1.807, 2.05) is 25.1 Å². The highest BCUT2D eigenvalue weighted by Crippen LogP contribution is 2.15. The fraction of sp³-hybridized carbons (Fsp3) is 0.143. The van der Waals surface area contributed by atoms with Crippen molar-refractivity contribution < 1.29 is 4.74 Å². The lowest BCUT2D eigenvalue weighted by atomic mass is 10.2. The van der Waals surface area contributed by atoms with E-state index in [1.54, 1.807) is 24.5 Å². The summed E-state index contributed by atoms with van der Waals surface area (Å²) < 4.78 is 5.65. The maximum absolute atomic E-state index is 7.37. The molecule has 3 N–H and O–H groups in total. The van der Waals surface area contributed by atoms with Gasteiger partial charge in [0, 0.05) is 23.5 Å². The molecule has 0 aliphatic heterocycles. The molecule has 4 nitrogen and oxygen atoms in total. The topological polar surface area (TPSA) is 72.0 Å². The number of aryl methyl sites for hydroxylation is 1. The van der Waals surface area contributed by atoms with Gasteiger partial charge in [0.05, 0.1) is 0 Å². The van der Waals surface area contributed by atoms with Gasteiger partial charge in [0.2, 0.25) is 0 Å². The Hall–Kier alpha value is -2.36. The number of hydrogen-bond donors (Lipinski definition) is 2. The smallest absolute Gasteiger partial charge is 0.122 e. The van der Waals surface area contributed by atoms with Crippen LogP contribution in [0.1, 0.15) is 16.7 Å². The third-order valence-corrected chi connectivity index (χ3v) is 2.48. The van der Waals surface area contributed by atoms with Crippen molar-refractivity contribution in [1.29, 1.82) is 5.41 Å². The Morgan fingerprint density at radius 3 is 2.89 bits per heavy atom. The molecule has 0 atom stereocenters. The van der Waals surface area contributed by atoms with E-state index < -0.39 is 0 Å². The van der Waals surface area contributed by atoms with E-state index >= 15 is 0 Å². The molecule has 1 aromatic heterocycles. The van der Waals surface area contributed by atoms with Crippen LogP contribution in [0.3, 0.4) is 0 Å². The molecule has 0 bridgehead atoms. The molecule has 0 unspecified atom stereocenters. The second kappa shape index (κ2) is 5.31. The van der Waals surface area contributed by atoms with Crippen molar-refractivity contribution in [2.75, 3.05) is 0 Å². The maximum atomic E-state index is 7.37. The van der Waals surface area contributed by atoms with Crippen LogP contribution in [0, 0.1) is 12.3 Å². The number of nitrogens with zero attached hydrogens (tertiary/aromatic N) is 1. The van der Waals surface area contributed by atoms with E-state index in [4.69, 9.17) is 15.9 Å². The predicted molar refractivity (Wildman–Crippen MR) is 70.8 cm³/mol. The third kappa shape index (κ3) is 3.07. The molecule has 2 rings (SSSR count). The number of aromatic nitrogens is 1. The molecule has 4 heteroatoms. The lowest BCUT2D eigenvalue weighted by Crippen LogP contribution is -2.10. The molecule has 0 spiro atoms. The summed E-state index contributed by atoms with van der Waals surface area (Å²) in [6.07, 6.45) is 3.59. The number of benzene rings is 1. The van der Waals surface area contributed by atoms with E-state index in [1.165, 1.54) is 0 Å². The maximum Gasteiger partial charge on any atom is 0.122 e. The summed E-state index contributed by atoms with van der Waals surface area (Å²) >= 11 is 0. The molecule has 0 radical (unpaired) electrons. The number of nitrogens with one attached hydrogen (secondary N) is 1. The minimum atomic E-state index is 0.0395. The Labute approximate surface area is 106 Å². The molecule has 0 amide bonds. The monoisotopic (exact) mass is 241 g/mol. The van der Waals surface area contributed by atoms with Crippen LogP contribution in [0.5, 0.6) is 5.75 Å². The van der Waals surface area contributed by atoms with Crippen LogP contribution >= 0.6 is 0 Å². The second-order valence-electron chi connectivity index (χ2n) is 4.10. The Balaban J connectivity index is 2.06. The first-order valence-electron chi connectivity index (χ1n) is 5.63. The second-order valence-corrected chi connectivity index (χ2v) is 4.10.